The standard InChI is InChI=1S/C12H12N2O2/c1-9(15)13-8-11-7-12(16-14-11)10-5-3-2-4-6-10/h2-7H,8H2,1H3,(H,13,15). The van der Waals surface area contributed by atoms with Crippen molar-refractivity contribution < 1.29 is 9.32 Å². The highest BCUT2D eigenvalue weighted by Gasteiger charge is 2.05. The minimum absolute atomic E-state index is 0.0794. The topological polar surface area (TPSA) is 55.1 Å². The Bertz CT molecular complexity index is 477. The van der Waals surface area contributed by atoms with E-state index in [0.717, 1.165) is 5.56 Å². The number of hydrogen-bond donors (Lipinski definition) is 1. The van der Waals surface area contributed by atoms with Crippen LogP contribution < -0.4 is 5.32 Å². The van der Waals surface area contributed by atoms with Crippen LogP contribution >= 0.6 is 0 Å². The van der Waals surface area contributed by atoms with Crippen molar-refractivity contribution in [2.45, 2.75) is 13.5 Å². The summed E-state index contributed by atoms with van der Waals surface area (Å²) in [7, 11) is 0. The van der Waals surface area contributed by atoms with Gasteiger partial charge in [-0.1, -0.05) is 35.5 Å². The van der Waals surface area contributed by atoms with E-state index < -0.39 is 0 Å². The first-order chi connectivity index (χ1) is 7.75. The molecule has 82 valence electrons. The van der Waals surface area contributed by atoms with Crippen molar-refractivity contribution in [2.24, 2.45) is 0 Å². The lowest BCUT2D eigenvalue weighted by atomic mass is 10.2. The lowest BCUT2D eigenvalue weighted by Gasteiger charge is -1.94. The van der Waals surface area contributed by atoms with Crippen LogP contribution in [0.4, 0.5) is 0 Å². The van der Waals surface area contributed by atoms with Gasteiger partial charge in [-0.15, -0.1) is 0 Å². The Labute approximate surface area is 93.3 Å². The summed E-state index contributed by atoms with van der Waals surface area (Å²) >= 11 is 0. The smallest absolute Gasteiger partial charge is 0.217 e. The van der Waals surface area contributed by atoms with Gasteiger partial charge in [0.2, 0.25) is 5.91 Å². The number of hydrogen-bond acceptors (Lipinski definition) is 3. The van der Waals surface area contributed by atoms with Crippen LogP contribution in [0.3, 0.4) is 0 Å². The highest BCUT2D eigenvalue weighted by molar-refractivity contribution is 5.72. The number of carbonyl (C=O) groups is 1. The summed E-state index contributed by atoms with van der Waals surface area (Å²) < 4.78 is 5.18. The molecule has 0 aliphatic carbocycles. The average Bonchev–Trinajstić information content (AvgIpc) is 2.76. The molecule has 2 aromatic rings. The number of aromatic nitrogens is 1. The minimum atomic E-state index is -0.0794. The molecule has 0 aliphatic rings. The van der Waals surface area contributed by atoms with E-state index >= 15 is 0 Å². The van der Waals surface area contributed by atoms with E-state index in [2.05, 4.69) is 10.5 Å². The lowest BCUT2D eigenvalue weighted by molar-refractivity contribution is -0.119. The first kappa shape index (κ1) is 10.4. The van der Waals surface area contributed by atoms with Crippen molar-refractivity contribution in [1.29, 1.82) is 0 Å². The molecule has 0 unspecified atom stereocenters. The molecule has 0 aliphatic heterocycles. The monoisotopic (exact) mass is 216 g/mol. The molecule has 0 fully saturated rings. The molecule has 16 heavy (non-hydrogen) atoms. The van der Waals surface area contributed by atoms with Crippen LogP contribution in [0, 0.1) is 0 Å². The van der Waals surface area contributed by atoms with Gasteiger partial charge in [0, 0.05) is 18.6 Å². The van der Waals surface area contributed by atoms with E-state index in [0.29, 0.717) is 18.0 Å². The molecule has 1 amide bonds. The van der Waals surface area contributed by atoms with Crippen LogP contribution in [0.1, 0.15) is 12.6 Å². The van der Waals surface area contributed by atoms with Crippen molar-refractivity contribution >= 4 is 5.91 Å². The summed E-state index contributed by atoms with van der Waals surface area (Å²) in [6, 6.07) is 11.5. The minimum Gasteiger partial charge on any atom is -0.356 e. The summed E-state index contributed by atoms with van der Waals surface area (Å²) in [5.41, 5.74) is 1.69. The van der Waals surface area contributed by atoms with Gasteiger partial charge < -0.3 is 9.84 Å². The highest BCUT2D eigenvalue weighted by atomic mass is 16.5. The summed E-state index contributed by atoms with van der Waals surface area (Å²) in [5.74, 6) is 0.630. The van der Waals surface area contributed by atoms with Crippen molar-refractivity contribution in [3.63, 3.8) is 0 Å². The van der Waals surface area contributed by atoms with Crippen LogP contribution in [0.15, 0.2) is 40.9 Å². The fourth-order valence-electron chi connectivity index (χ4n) is 1.35. The van der Waals surface area contributed by atoms with Crippen LogP contribution in [0.5, 0.6) is 0 Å². The van der Waals surface area contributed by atoms with Gasteiger partial charge in [0.1, 0.15) is 5.69 Å². The number of nitrogens with one attached hydrogen (secondary N) is 1. The number of amides is 1. The molecule has 0 bridgehead atoms. The van der Waals surface area contributed by atoms with E-state index in [4.69, 9.17) is 4.52 Å². The second-order valence-corrected chi connectivity index (χ2v) is 3.46. The fourth-order valence-corrected chi connectivity index (χ4v) is 1.35. The van der Waals surface area contributed by atoms with E-state index in [-0.39, 0.29) is 5.91 Å². The Morgan fingerprint density at radius 3 is 2.81 bits per heavy atom. The Hall–Kier alpha value is -2.10. The number of benzene rings is 1. The first-order valence-corrected chi connectivity index (χ1v) is 5.01. The molecule has 0 saturated carbocycles. The van der Waals surface area contributed by atoms with Gasteiger partial charge >= 0.3 is 0 Å². The molecule has 4 heteroatoms. The van der Waals surface area contributed by atoms with E-state index in [9.17, 15) is 4.79 Å². The predicted octanol–water partition coefficient (Wildman–Crippen LogP) is 1.98. The van der Waals surface area contributed by atoms with Crippen molar-refractivity contribution in [3.05, 3.63) is 42.1 Å². The largest absolute Gasteiger partial charge is 0.356 e. The van der Waals surface area contributed by atoms with Gasteiger partial charge in [0.15, 0.2) is 5.76 Å². The van der Waals surface area contributed by atoms with Gasteiger partial charge in [-0.3, -0.25) is 4.79 Å². The Kier molecular flexibility index (Phi) is 3.00. The van der Waals surface area contributed by atoms with Gasteiger partial charge in [-0.05, 0) is 0 Å². The third-order valence-electron chi connectivity index (χ3n) is 2.14. The van der Waals surface area contributed by atoms with Crippen molar-refractivity contribution in [2.75, 3.05) is 0 Å². The summed E-state index contributed by atoms with van der Waals surface area (Å²) in [4.78, 5) is 10.7. The Morgan fingerprint density at radius 1 is 1.38 bits per heavy atom. The molecule has 0 saturated heterocycles. The lowest BCUT2D eigenvalue weighted by Crippen LogP contribution is -2.18. The van der Waals surface area contributed by atoms with Gasteiger partial charge in [-0.25, -0.2) is 0 Å². The molecule has 1 aromatic heterocycles. The molecular formula is C12H12N2O2. The molecule has 1 heterocycles. The van der Waals surface area contributed by atoms with Crippen LogP contribution in [-0.2, 0) is 11.3 Å². The van der Waals surface area contributed by atoms with Gasteiger partial charge in [0.05, 0.1) is 6.54 Å². The normalized spacial score (nSPS) is 10.1. The summed E-state index contributed by atoms with van der Waals surface area (Å²) in [6.07, 6.45) is 0. The van der Waals surface area contributed by atoms with E-state index in [1.54, 1.807) is 0 Å². The number of nitrogens with zero attached hydrogens (tertiary/aromatic N) is 1. The maximum Gasteiger partial charge on any atom is 0.217 e. The quantitative estimate of drug-likeness (QED) is 0.853. The number of carbonyl (C=O) groups excluding carboxylic acids is 1. The van der Waals surface area contributed by atoms with Crippen LogP contribution in [-0.4, -0.2) is 11.1 Å². The predicted molar refractivity (Wildman–Crippen MR) is 59.5 cm³/mol. The molecule has 1 N–H and O–H groups in total. The molecule has 1 aromatic carbocycles. The SMILES string of the molecule is CC(=O)NCc1cc(-c2ccccc2)on1. The summed E-state index contributed by atoms with van der Waals surface area (Å²) in [6.45, 7) is 1.86. The second kappa shape index (κ2) is 4.61. The van der Waals surface area contributed by atoms with E-state index in [1.807, 2.05) is 36.4 Å². The molecule has 2 rings (SSSR count). The first-order valence-electron chi connectivity index (χ1n) is 5.01. The Balaban J connectivity index is 2.11. The zero-order chi connectivity index (χ0) is 11.4. The van der Waals surface area contributed by atoms with Crippen molar-refractivity contribution in [3.8, 4) is 11.3 Å². The zero-order valence-corrected chi connectivity index (χ0v) is 8.93. The number of rotatable bonds is 3. The van der Waals surface area contributed by atoms with Gasteiger partial charge in [0.25, 0.3) is 0 Å². The molecule has 0 atom stereocenters. The fraction of sp³-hybridized carbons (Fsp3) is 0.167. The van der Waals surface area contributed by atoms with Gasteiger partial charge in [-0.2, -0.15) is 0 Å². The third-order valence-corrected chi connectivity index (χ3v) is 2.14. The zero-order valence-electron chi connectivity index (χ0n) is 8.93. The van der Waals surface area contributed by atoms with Crippen molar-refractivity contribution in [1.82, 2.24) is 10.5 Å². The molecule has 4 nitrogen and oxygen atoms in total. The highest BCUT2D eigenvalue weighted by Crippen LogP contribution is 2.19. The molecule has 0 radical (unpaired) electrons. The molecule has 0 spiro atoms. The second-order valence-electron chi connectivity index (χ2n) is 3.46. The maximum absolute atomic E-state index is 10.7. The summed E-state index contributed by atoms with van der Waals surface area (Å²) in [5, 5.41) is 6.54. The van der Waals surface area contributed by atoms with Crippen LogP contribution in [0.25, 0.3) is 11.3 Å². The Morgan fingerprint density at radius 2 is 2.12 bits per heavy atom. The maximum atomic E-state index is 10.7. The van der Waals surface area contributed by atoms with Crippen LogP contribution in [0.2, 0.25) is 0 Å². The third kappa shape index (κ3) is 2.48. The van der Waals surface area contributed by atoms with E-state index in [1.165, 1.54) is 6.92 Å². The molecular weight excluding hydrogens is 204 g/mol. The average molecular weight is 216 g/mol.